The lowest BCUT2D eigenvalue weighted by atomic mass is 10.2. The summed E-state index contributed by atoms with van der Waals surface area (Å²) in [6.07, 6.45) is 0. The zero-order valence-corrected chi connectivity index (χ0v) is 7.70. The quantitative estimate of drug-likeness (QED) is 0.551. The maximum atomic E-state index is 8.34. The van der Waals surface area contributed by atoms with Crippen molar-refractivity contribution in [2.75, 3.05) is 13.6 Å². The largest absolute Gasteiger partial charge is 0.242 e. The minimum absolute atomic E-state index is 0.351. The van der Waals surface area contributed by atoms with Gasteiger partial charge in [0, 0.05) is 13.6 Å². The molecule has 0 fully saturated rings. The zero-order valence-electron chi connectivity index (χ0n) is 7.70. The van der Waals surface area contributed by atoms with Crippen molar-refractivity contribution >= 4 is 0 Å². The molecule has 0 saturated carbocycles. The molecule has 1 rings (SSSR count). The maximum absolute atomic E-state index is 8.34. The van der Waals surface area contributed by atoms with Crippen molar-refractivity contribution in [3.63, 3.8) is 0 Å². The van der Waals surface area contributed by atoms with Crippen molar-refractivity contribution in [1.82, 2.24) is 10.4 Å². The zero-order chi connectivity index (χ0) is 9.52. The Morgan fingerprint density at radius 1 is 1.38 bits per heavy atom. The van der Waals surface area contributed by atoms with Gasteiger partial charge in [0.1, 0.15) is 0 Å². The smallest absolute Gasteiger partial charge is 0.0974 e. The van der Waals surface area contributed by atoms with Gasteiger partial charge in [0.05, 0.1) is 12.6 Å². The van der Waals surface area contributed by atoms with E-state index in [1.807, 2.05) is 36.3 Å². The number of nitriles is 1. The van der Waals surface area contributed by atoms with Crippen LogP contribution in [-0.4, -0.2) is 18.6 Å². The summed E-state index contributed by atoms with van der Waals surface area (Å²) >= 11 is 0. The molecule has 0 aliphatic rings. The van der Waals surface area contributed by atoms with Crippen LogP contribution in [-0.2, 0) is 6.54 Å². The SMILES string of the molecule is CN(Cc1ccccc1)NCC#N. The molecule has 0 aliphatic carbocycles. The van der Waals surface area contributed by atoms with Gasteiger partial charge in [-0.15, -0.1) is 0 Å². The van der Waals surface area contributed by atoms with E-state index in [9.17, 15) is 0 Å². The lowest BCUT2D eigenvalue weighted by Crippen LogP contribution is -2.33. The molecule has 0 amide bonds. The Bertz CT molecular complexity index is 276. The Morgan fingerprint density at radius 2 is 2.08 bits per heavy atom. The summed E-state index contributed by atoms with van der Waals surface area (Å²) in [5.41, 5.74) is 4.18. The molecule has 0 spiro atoms. The molecule has 0 heterocycles. The summed E-state index contributed by atoms with van der Waals surface area (Å²) in [4.78, 5) is 0. The predicted octanol–water partition coefficient (Wildman–Crippen LogP) is 1.15. The van der Waals surface area contributed by atoms with Crippen molar-refractivity contribution in [3.05, 3.63) is 35.9 Å². The molecule has 0 unspecified atom stereocenters. The van der Waals surface area contributed by atoms with Crippen molar-refractivity contribution in [2.24, 2.45) is 0 Å². The van der Waals surface area contributed by atoms with Gasteiger partial charge in [-0.2, -0.15) is 5.26 Å². The first kappa shape index (κ1) is 9.72. The van der Waals surface area contributed by atoms with Gasteiger partial charge in [-0.3, -0.25) is 0 Å². The van der Waals surface area contributed by atoms with Crippen molar-refractivity contribution in [2.45, 2.75) is 6.54 Å². The topological polar surface area (TPSA) is 39.1 Å². The number of rotatable bonds is 4. The van der Waals surface area contributed by atoms with Crippen LogP contribution in [0.3, 0.4) is 0 Å². The third-order valence-electron chi connectivity index (χ3n) is 1.69. The summed E-state index contributed by atoms with van der Waals surface area (Å²) in [5.74, 6) is 0. The van der Waals surface area contributed by atoms with E-state index in [1.54, 1.807) is 0 Å². The second-order valence-corrected chi connectivity index (χ2v) is 2.83. The Morgan fingerprint density at radius 3 is 2.69 bits per heavy atom. The van der Waals surface area contributed by atoms with Crippen LogP contribution in [0.1, 0.15) is 5.56 Å². The second-order valence-electron chi connectivity index (χ2n) is 2.83. The first-order valence-corrected chi connectivity index (χ1v) is 4.18. The molecule has 1 aromatic rings. The highest BCUT2D eigenvalue weighted by Gasteiger charge is 1.96. The maximum Gasteiger partial charge on any atom is 0.0974 e. The van der Waals surface area contributed by atoms with Crippen LogP contribution in [0, 0.1) is 11.3 Å². The van der Waals surface area contributed by atoms with E-state index in [4.69, 9.17) is 5.26 Å². The van der Waals surface area contributed by atoms with Crippen LogP contribution in [0.25, 0.3) is 0 Å². The highest BCUT2D eigenvalue weighted by atomic mass is 15.5. The van der Waals surface area contributed by atoms with Gasteiger partial charge in [0.25, 0.3) is 0 Å². The number of hydrogen-bond donors (Lipinski definition) is 1. The van der Waals surface area contributed by atoms with E-state index in [0.29, 0.717) is 6.54 Å². The summed E-state index contributed by atoms with van der Waals surface area (Å²) in [5, 5.41) is 10.2. The molecule has 68 valence electrons. The Balaban J connectivity index is 2.37. The molecule has 0 radical (unpaired) electrons. The van der Waals surface area contributed by atoms with E-state index in [-0.39, 0.29) is 0 Å². The van der Waals surface area contributed by atoms with Crippen LogP contribution in [0.15, 0.2) is 30.3 Å². The lowest BCUT2D eigenvalue weighted by Gasteiger charge is -2.15. The number of nitrogens with one attached hydrogen (secondary N) is 1. The first-order valence-electron chi connectivity index (χ1n) is 4.18. The van der Waals surface area contributed by atoms with Gasteiger partial charge < -0.3 is 0 Å². The average Bonchev–Trinajstić information content (AvgIpc) is 2.16. The molecule has 1 aromatic carbocycles. The average molecular weight is 175 g/mol. The molecule has 3 heteroatoms. The highest BCUT2D eigenvalue weighted by Crippen LogP contribution is 1.99. The molecule has 0 atom stereocenters. The first-order chi connectivity index (χ1) is 6.33. The minimum Gasteiger partial charge on any atom is -0.242 e. The van der Waals surface area contributed by atoms with Gasteiger partial charge in [0.2, 0.25) is 0 Å². The lowest BCUT2D eigenvalue weighted by molar-refractivity contribution is 0.240. The Kier molecular flexibility index (Phi) is 3.97. The molecule has 0 saturated heterocycles. The Hall–Kier alpha value is -1.37. The molecule has 0 aromatic heterocycles. The monoisotopic (exact) mass is 175 g/mol. The van der Waals surface area contributed by atoms with Crippen LogP contribution in [0.4, 0.5) is 0 Å². The standard InChI is InChI=1S/C10H13N3/c1-13(12-8-7-11)9-10-5-3-2-4-6-10/h2-6,12H,8-9H2,1H3. The van der Waals surface area contributed by atoms with E-state index in [0.717, 1.165) is 6.54 Å². The van der Waals surface area contributed by atoms with Crippen molar-refractivity contribution in [1.29, 1.82) is 5.26 Å². The molecule has 3 nitrogen and oxygen atoms in total. The van der Waals surface area contributed by atoms with Crippen molar-refractivity contribution < 1.29 is 0 Å². The van der Waals surface area contributed by atoms with Gasteiger partial charge in [0.15, 0.2) is 0 Å². The fourth-order valence-corrected chi connectivity index (χ4v) is 1.08. The predicted molar refractivity (Wildman–Crippen MR) is 51.5 cm³/mol. The van der Waals surface area contributed by atoms with Gasteiger partial charge in [-0.1, -0.05) is 30.3 Å². The fourth-order valence-electron chi connectivity index (χ4n) is 1.08. The number of hydrogen-bond acceptors (Lipinski definition) is 3. The third-order valence-corrected chi connectivity index (χ3v) is 1.69. The van der Waals surface area contributed by atoms with Crippen LogP contribution < -0.4 is 5.43 Å². The fraction of sp³-hybridized carbons (Fsp3) is 0.300. The summed E-state index contributed by atoms with van der Waals surface area (Å²) in [7, 11) is 1.92. The minimum atomic E-state index is 0.351. The molecule has 0 bridgehead atoms. The van der Waals surface area contributed by atoms with Crippen LogP contribution in [0.2, 0.25) is 0 Å². The normalized spacial score (nSPS) is 9.92. The summed E-state index contributed by atoms with van der Waals surface area (Å²) in [6.45, 7) is 1.16. The van der Waals surface area contributed by atoms with E-state index in [1.165, 1.54) is 5.56 Å². The summed E-state index contributed by atoms with van der Waals surface area (Å²) in [6, 6.07) is 12.2. The van der Waals surface area contributed by atoms with Gasteiger partial charge >= 0.3 is 0 Å². The molecular formula is C10H13N3. The highest BCUT2D eigenvalue weighted by molar-refractivity contribution is 5.14. The molecule has 1 N–H and O–H groups in total. The number of benzene rings is 1. The van der Waals surface area contributed by atoms with E-state index >= 15 is 0 Å². The van der Waals surface area contributed by atoms with Gasteiger partial charge in [-0.25, -0.2) is 10.4 Å². The number of nitrogens with zero attached hydrogens (tertiary/aromatic N) is 2. The molecule has 13 heavy (non-hydrogen) atoms. The second kappa shape index (κ2) is 5.31. The Labute approximate surface area is 78.6 Å². The van der Waals surface area contributed by atoms with Crippen LogP contribution >= 0.6 is 0 Å². The van der Waals surface area contributed by atoms with E-state index < -0.39 is 0 Å². The number of hydrazine groups is 1. The third kappa shape index (κ3) is 3.70. The molecular weight excluding hydrogens is 162 g/mol. The van der Waals surface area contributed by atoms with Crippen molar-refractivity contribution in [3.8, 4) is 6.07 Å². The van der Waals surface area contributed by atoms with Crippen LogP contribution in [0.5, 0.6) is 0 Å². The summed E-state index contributed by atoms with van der Waals surface area (Å²) < 4.78 is 0. The molecule has 0 aliphatic heterocycles. The van der Waals surface area contributed by atoms with Gasteiger partial charge in [-0.05, 0) is 5.56 Å². The van der Waals surface area contributed by atoms with E-state index in [2.05, 4.69) is 17.6 Å².